The molecule has 1 aromatic carbocycles. The van der Waals surface area contributed by atoms with Crippen LogP contribution in [0.15, 0.2) is 35.7 Å². The third kappa shape index (κ3) is 3.09. The lowest BCUT2D eigenvalue weighted by Crippen LogP contribution is -2.02. The van der Waals surface area contributed by atoms with Gasteiger partial charge in [0.1, 0.15) is 10.5 Å². The van der Waals surface area contributed by atoms with Gasteiger partial charge in [-0.1, -0.05) is 42.5 Å². The summed E-state index contributed by atoms with van der Waals surface area (Å²) in [5.74, 6) is 0.856. The highest BCUT2D eigenvalue weighted by atomic mass is 32.1. The predicted molar refractivity (Wildman–Crippen MR) is 89.3 cm³/mol. The van der Waals surface area contributed by atoms with E-state index >= 15 is 0 Å². The first kappa shape index (κ1) is 14.1. The van der Waals surface area contributed by atoms with Crippen molar-refractivity contribution in [2.75, 3.05) is 0 Å². The summed E-state index contributed by atoms with van der Waals surface area (Å²) in [6.45, 7) is 4.01. The zero-order chi connectivity index (χ0) is 14.8. The molecule has 0 atom stereocenters. The molecule has 1 N–H and O–H groups in total. The van der Waals surface area contributed by atoms with E-state index in [1.165, 1.54) is 0 Å². The normalized spacial score (nSPS) is 10.8. The molecule has 0 unspecified atom stereocenters. The lowest BCUT2D eigenvalue weighted by molar-refractivity contribution is 0.928. The average Bonchev–Trinajstić information content (AvgIpc) is 2.89. The van der Waals surface area contributed by atoms with Crippen molar-refractivity contribution >= 4 is 23.6 Å². The van der Waals surface area contributed by atoms with E-state index in [9.17, 15) is 0 Å². The second-order valence-electron chi connectivity index (χ2n) is 4.89. The molecule has 0 saturated carbocycles. The maximum atomic E-state index is 5.40. The SMILES string of the molecule is Cc1nc(Cc2nc(=S)c(C)c(-c3ccccc3)[nH]2)cs1. The van der Waals surface area contributed by atoms with Gasteiger partial charge in [-0.05, 0) is 19.4 Å². The van der Waals surface area contributed by atoms with Gasteiger partial charge in [0.05, 0.1) is 16.4 Å². The zero-order valence-corrected chi connectivity index (χ0v) is 13.5. The Balaban J connectivity index is 2.04. The summed E-state index contributed by atoms with van der Waals surface area (Å²) in [5.41, 5.74) is 4.20. The van der Waals surface area contributed by atoms with Gasteiger partial charge in [-0.25, -0.2) is 9.97 Å². The molecule has 0 aliphatic rings. The van der Waals surface area contributed by atoms with Crippen molar-refractivity contribution in [1.29, 1.82) is 0 Å². The molecule has 0 fully saturated rings. The molecular formula is C16H15N3S2. The Morgan fingerprint density at radius 2 is 1.90 bits per heavy atom. The van der Waals surface area contributed by atoms with Crippen molar-refractivity contribution in [2.24, 2.45) is 0 Å². The van der Waals surface area contributed by atoms with Crippen LogP contribution in [0, 0.1) is 18.5 Å². The van der Waals surface area contributed by atoms with Crippen molar-refractivity contribution in [3.05, 3.63) is 62.4 Å². The van der Waals surface area contributed by atoms with Crippen LogP contribution >= 0.6 is 23.6 Å². The van der Waals surface area contributed by atoms with Crippen molar-refractivity contribution < 1.29 is 0 Å². The number of hydrogen-bond donors (Lipinski definition) is 1. The van der Waals surface area contributed by atoms with E-state index in [1.54, 1.807) is 11.3 Å². The second-order valence-corrected chi connectivity index (χ2v) is 6.34. The van der Waals surface area contributed by atoms with Crippen LogP contribution in [-0.2, 0) is 6.42 Å². The summed E-state index contributed by atoms with van der Waals surface area (Å²) >= 11 is 7.05. The van der Waals surface area contributed by atoms with Crippen LogP contribution in [0.2, 0.25) is 0 Å². The van der Waals surface area contributed by atoms with Gasteiger partial charge in [0.2, 0.25) is 0 Å². The number of rotatable bonds is 3. The lowest BCUT2D eigenvalue weighted by atomic mass is 10.1. The molecule has 0 radical (unpaired) electrons. The van der Waals surface area contributed by atoms with Crippen LogP contribution in [0.5, 0.6) is 0 Å². The van der Waals surface area contributed by atoms with Crippen LogP contribution in [0.25, 0.3) is 11.3 Å². The van der Waals surface area contributed by atoms with Crippen molar-refractivity contribution in [3.63, 3.8) is 0 Å². The Kier molecular flexibility index (Phi) is 3.94. The Morgan fingerprint density at radius 1 is 1.14 bits per heavy atom. The Labute approximate surface area is 132 Å². The van der Waals surface area contributed by atoms with E-state index in [-0.39, 0.29) is 0 Å². The van der Waals surface area contributed by atoms with Gasteiger partial charge in [0, 0.05) is 17.4 Å². The van der Waals surface area contributed by atoms with Crippen LogP contribution in [0.4, 0.5) is 0 Å². The maximum absolute atomic E-state index is 5.40. The van der Waals surface area contributed by atoms with Crippen LogP contribution in [-0.4, -0.2) is 15.0 Å². The first-order chi connectivity index (χ1) is 10.1. The molecular weight excluding hydrogens is 298 g/mol. The molecule has 3 aromatic rings. The molecule has 0 aliphatic heterocycles. The number of aryl methyl sites for hydroxylation is 1. The molecule has 106 valence electrons. The molecule has 0 amide bonds. The molecule has 2 aromatic heterocycles. The fourth-order valence-electron chi connectivity index (χ4n) is 2.22. The fourth-order valence-corrected chi connectivity index (χ4v) is 3.04. The molecule has 0 bridgehead atoms. The highest BCUT2D eigenvalue weighted by molar-refractivity contribution is 7.71. The first-order valence-electron chi connectivity index (χ1n) is 6.69. The monoisotopic (exact) mass is 313 g/mol. The smallest absolute Gasteiger partial charge is 0.133 e. The summed E-state index contributed by atoms with van der Waals surface area (Å²) in [4.78, 5) is 12.4. The fraction of sp³-hybridized carbons (Fsp3) is 0.188. The van der Waals surface area contributed by atoms with Gasteiger partial charge < -0.3 is 4.98 Å². The second kappa shape index (κ2) is 5.87. The predicted octanol–water partition coefficient (Wildman–Crippen LogP) is 4.47. The Morgan fingerprint density at radius 3 is 2.57 bits per heavy atom. The number of H-pyrrole nitrogens is 1. The molecule has 0 saturated heterocycles. The lowest BCUT2D eigenvalue weighted by Gasteiger charge is -2.09. The van der Waals surface area contributed by atoms with Crippen LogP contribution in [0.3, 0.4) is 0 Å². The van der Waals surface area contributed by atoms with E-state index < -0.39 is 0 Å². The number of nitrogens with one attached hydrogen (secondary N) is 1. The molecule has 5 heteroatoms. The van der Waals surface area contributed by atoms with Crippen LogP contribution in [0.1, 0.15) is 22.1 Å². The topological polar surface area (TPSA) is 41.6 Å². The minimum absolute atomic E-state index is 0.648. The zero-order valence-electron chi connectivity index (χ0n) is 11.9. The third-order valence-corrected chi connectivity index (χ3v) is 4.50. The number of aromatic amines is 1. The third-order valence-electron chi connectivity index (χ3n) is 3.28. The van der Waals surface area contributed by atoms with E-state index in [1.807, 2.05) is 32.0 Å². The van der Waals surface area contributed by atoms with E-state index in [2.05, 4.69) is 32.5 Å². The maximum Gasteiger partial charge on any atom is 0.133 e. The number of benzene rings is 1. The summed E-state index contributed by atoms with van der Waals surface area (Å²) in [5, 5.41) is 3.13. The summed E-state index contributed by atoms with van der Waals surface area (Å²) < 4.78 is 0.648. The minimum atomic E-state index is 0.648. The van der Waals surface area contributed by atoms with Crippen molar-refractivity contribution in [2.45, 2.75) is 20.3 Å². The van der Waals surface area contributed by atoms with Crippen molar-refractivity contribution in [1.82, 2.24) is 15.0 Å². The quantitative estimate of drug-likeness (QED) is 0.725. The van der Waals surface area contributed by atoms with Gasteiger partial charge >= 0.3 is 0 Å². The minimum Gasteiger partial charge on any atom is -0.343 e. The number of aromatic nitrogens is 3. The Hall–Kier alpha value is -1.85. The molecule has 3 rings (SSSR count). The van der Waals surface area contributed by atoms with Crippen LogP contribution < -0.4 is 0 Å². The van der Waals surface area contributed by atoms with Gasteiger partial charge in [-0.2, -0.15) is 0 Å². The largest absolute Gasteiger partial charge is 0.343 e. The average molecular weight is 313 g/mol. The van der Waals surface area contributed by atoms with E-state index in [0.717, 1.165) is 33.3 Å². The van der Waals surface area contributed by atoms with Gasteiger partial charge in [0.15, 0.2) is 0 Å². The first-order valence-corrected chi connectivity index (χ1v) is 7.98. The number of nitrogens with zero attached hydrogens (tertiary/aromatic N) is 2. The highest BCUT2D eigenvalue weighted by Crippen LogP contribution is 2.22. The molecule has 0 aliphatic carbocycles. The van der Waals surface area contributed by atoms with E-state index in [4.69, 9.17) is 12.2 Å². The van der Waals surface area contributed by atoms with Gasteiger partial charge in [0.25, 0.3) is 0 Å². The van der Waals surface area contributed by atoms with Gasteiger partial charge in [-0.15, -0.1) is 11.3 Å². The molecule has 0 spiro atoms. The number of thiazole rings is 1. The summed E-state index contributed by atoms with van der Waals surface area (Å²) in [6, 6.07) is 10.2. The van der Waals surface area contributed by atoms with Crippen molar-refractivity contribution in [3.8, 4) is 11.3 Å². The molecule has 3 nitrogen and oxygen atoms in total. The molecule has 2 heterocycles. The Bertz CT molecular complexity index is 819. The van der Waals surface area contributed by atoms with Gasteiger partial charge in [-0.3, -0.25) is 0 Å². The number of hydrogen-bond acceptors (Lipinski definition) is 4. The highest BCUT2D eigenvalue weighted by Gasteiger charge is 2.09. The summed E-state index contributed by atoms with van der Waals surface area (Å²) in [7, 11) is 0. The molecule has 21 heavy (non-hydrogen) atoms. The summed E-state index contributed by atoms with van der Waals surface area (Å²) in [6.07, 6.45) is 0.675. The standard InChI is InChI=1S/C16H15N3S2/c1-10-15(12-6-4-3-5-7-12)18-14(19-16(10)20)8-13-9-21-11(2)17-13/h3-7,9H,8H2,1-2H3,(H,18,19,20). The van der Waals surface area contributed by atoms with E-state index in [0.29, 0.717) is 11.1 Å².